The molecular weight excluding hydrogens is 262 g/mol. The van der Waals surface area contributed by atoms with Gasteiger partial charge in [-0.15, -0.1) is 0 Å². The maximum absolute atomic E-state index is 3.81. The summed E-state index contributed by atoms with van der Waals surface area (Å²) in [6.07, 6.45) is 0. The minimum absolute atomic E-state index is 0.680. The predicted octanol–water partition coefficient (Wildman–Crippen LogP) is 3.54. The zero-order valence-corrected chi connectivity index (χ0v) is 11.7. The topological polar surface area (TPSA) is 3.24 Å². The van der Waals surface area contributed by atoms with Crippen molar-refractivity contribution >= 4 is 15.9 Å². The van der Waals surface area contributed by atoms with E-state index in [1.165, 1.54) is 18.7 Å². The maximum atomic E-state index is 3.81. The summed E-state index contributed by atoms with van der Waals surface area (Å²) in [5, 5.41) is 0. The molecule has 1 saturated heterocycles. The molecule has 1 fully saturated rings. The van der Waals surface area contributed by atoms with E-state index < -0.39 is 0 Å². The van der Waals surface area contributed by atoms with Crippen molar-refractivity contribution in [2.75, 3.05) is 13.1 Å². The number of likely N-dealkylation sites (tertiary alicyclic amines) is 1. The second kappa shape index (κ2) is 5.33. The summed E-state index contributed by atoms with van der Waals surface area (Å²) in [4.78, 5) is 3.25. The molecule has 0 aromatic heterocycles. The molecule has 0 aliphatic carbocycles. The third kappa shape index (κ3) is 2.86. The molecule has 88 valence electrons. The van der Waals surface area contributed by atoms with Crippen LogP contribution < -0.4 is 0 Å². The molecule has 1 heterocycles. The Hall–Kier alpha value is -0.340. The van der Waals surface area contributed by atoms with E-state index in [-0.39, 0.29) is 0 Å². The van der Waals surface area contributed by atoms with E-state index in [2.05, 4.69) is 65.0 Å². The van der Waals surface area contributed by atoms with Crippen molar-refractivity contribution in [1.82, 2.24) is 4.90 Å². The van der Waals surface area contributed by atoms with E-state index in [9.17, 15) is 0 Å². The van der Waals surface area contributed by atoms with Crippen LogP contribution in [0.5, 0.6) is 0 Å². The highest BCUT2D eigenvalue weighted by Crippen LogP contribution is 2.28. The normalized spacial score (nSPS) is 31.6. The standard InChI is InChI=1S/C14H20BrN/c1-11-8-16(9-12(2)14(11)15)10-13-6-4-3-5-7-13/h3-7,11-12,14H,8-10H2,1-2H3/t11-,12+,14?. The minimum atomic E-state index is 0.680. The number of hydrogen-bond donors (Lipinski definition) is 0. The number of benzene rings is 1. The van der Waals surface area contributed by atoms with E-state index in [4.69, 9.17) is 0 Å². The summed E-state index contributed by atoms with van der Waals surface area (Å²) in [5.41, 5.74) is 1.43. The molecule has 1 aliphatic heterocycles. The average Bonchev–Trinajstić information content (AvgIpc) is 2.27. The van der Waals surface area contributed by atoms with Crippen LogP contribution in [0, 0.1) is 11.8 Å². The van der Waals surface area contributed by atoms with Crippen LogP contribution in [0.1, 0.15) is 19.4 Å². The van der Waals surface area contributed by atoms with Crippen LogP contribution in [0.15, 0.2) is 30.3 Å². The lowest BCUT2D eigenvalue weighted by Crippen LogP contribution is -2.44. The Kier molecular flexibility index (Phi) is 4.04. The van der Waals surface area contributed by atoms with Crippen LogP contribution in [0.2, 0.25) is 0 Å². The molecule has 0 spiro atoms. The molecule has 1 aromatic carbocycles. The fraction of sp³-hybridized carbons (Fsp3) is 0.571. The molecule has 0 amide bonds. The Bertz CT molecular complexity index is 313. The van der Waals surface area contributed by atoms with Gasteiger partial charge in [0.05, 0.1) is 0 Å². The summed E-state index contributed by atoms with van der Waals surface area (Å²) in [5.74, 6) is 1.49. The number of hydrogen-bond acceptors (Lipinski definition) is 1. The highest BCUT2D eigenvalue weighted by Gasteiger charge is 2.29. The van der Waals surface area contributed by atoms with Gasteiger partial charge in [0.15, 0.2) is 0 Å². The van der Waals surface area contributed by atoms with Crippen LogP contribution in [-0.4, -0.2) is 22.8 Å². The van der Waals surface area contributed by atoms with Gasteiger partial charge in [-0.05, 0) is 17.4 Å². The predicted molar refractivity (Wildman–Crippen MR) is 72.8 cm³/mol. The number of halogens is 1. The van der Waals surface area contributed by atoms with Crippen LogP contribution in [0.25, 0.3) is 0 Å². The summed E-state index contributed by atoms with van der Waals surface area (Å²) >= 11 is 3.81. The molecule has 2 heteroatoms. The van der Waals surface area contributed by atoms with Crippen molar-refractivity contribution in [1.29, 1.82) is 0 Å². The first-order chi connectivity index (χ1) is 7.66. The van der Waals surface area contributed by atoms with Gasteiger partial charge in [0, 0.05) is 24.5 Å². The van der Waals surface area contributed by atoms with Gasteiger partial charge in [-0.25, -0.2) is 0 Å². The largest absolute Gasteiger partial charge is 0.298 e. The second-order valence-corrected chi connectivity index (χ2v) is 6.14. The van der Waals surface area contributed by atoms with Crippen LogP contribution in [-0.2, 0) is 6.54 Å². The molecule has 1 unspecified atom stereocenters. The number of piperidine rings is 1. The average molecular weight is 282 g/mol. The monoisotopic (exact) mass is 281 g/mol. The Morgan fingerprint density at radius 2 is 1.69 bits per heavy atom. The molecule has 1 aliphatic rings. The summed E-state index contributed by atoms with van der Waals surface area (Å²) in [7, 11) is 0. The Morgan fingerprint density at radius 3 is 2.25 bits per heavy atom. The van der Waals surface area contributed by atoms with E-state index in [0.29, 0.717) is 4.83 Å². The zero-order chi connectivity index (χ0) is 11.5. The van der Waals surface area contributed by atoms with E-state index in [1.807, 2.05) is 0 Å². The smallest absolute Gasteiger partial charge is 0.0233 e. The third-order valence-electron chi connectivity index (χ3n) is 3.43. The third-order valence-corrected chi connectivity index (χ3v) is 5.23. The molecule has 0 N–H and O–H groups in total. The molecule has 2 rings (SSSR count). The molecule has 0 saturated carbocycles. The SMILES string of the molecule is C[C@@H]1CN(Cc2ccccc2)C[C@H](C)C1Br. The van der Waals surface area contributed by atoms with Gasteiger partial charge in [-0.3, -0.25) is 4.90 Å². The van der Waals surface area contributed by atoms with Gasteiger partial charge in [0.2, 0.25) is 0 Å². The van der Waals surface area contributed by atoms with Gasteiger partial charge >= 0.3 is 0 Å². The first-order valence-corrected chi connectivity index (χ1v) is 6.98. The fourth-order valence-corrected chi connectivity index (χ4v) is 2.96. The highest BCUT2D eigenvalue weighted by atomic mass is 79.9. The van der Waals surface area contributed by atoms with Crippen molar-refractivity contribution < 1.29 is 0 Å². The zero-order valence-electron chi connectivity index (χ0n) is 10.1. The maximum Gasteiger partial charge on any atom is 0.0233 e. The fourth-order valence-electron chi connectivity index (χ4n) is 2.62. The summed E-state index contributed by atoms with van der Waals surface area (Å²) in [6, 6.07) is 10.8. The summed E-state index contributed by atoms with van der Waals surface area (Å²) < 4.78 is 0. The Balaban J connectivity index is 1.97. The molecule has 0 radical (unpaired) electrons. The first kappa shape index (κ1) is 12.1. The number of nitrogens with zero attached hydrogens (tertiary/aromatic N) is 1. The molecular formula is C14H20BrN. The van der Waals surface area contributed by atoms with Crippen LogP contribution in [0.3, 0.4) is 0 Å². The van der Waals surface area contributed by atoms with Gasteiger partial charge < -0.3 is 0 Å². The Labute approximate surface area is 107 Å². The lowest BCUT2D eigenvalue weighted by Gasteiger charge is -2.38. The highest BCUT2D eigenvalue weighted by molar-refractivity contribution is 9.09. The number of alkyl halides is 1. The lowest BCUT2D eigenvalue weighted by atomic mass is 9.91. The van der Waals surface area contributed by atoms with Crippen molar-refractivity contribution in [2.24, 2.45) is 11.8 Å². The van der Waals surface area contributed by atoms with Crippen LogP contribution in [0.4, 0.5) is 0 Å². The van der Waals surface area contributed by atoms with Gasteiger partial charge in [-0.2, -0.15) is 0 Å². The number of rotatable bonds is 2. The lowest BCUT2D eigenvalue weighted by molar-refractivity contribution is 0.143. The summed E-state index contributed by atoms with van der Waals surface area (Å²) in [6.45, 7) is 8.18. The second-order valence-electron chi connectivity index (χ2n) is 5.08. The first-order valence-electron chi connectivity index (χ1n) is 6.07. The van der Waals surface area contributed by atoms with Gasteiger partial charge in [-0.1, -0.05) is 60.1 Å². The van der Waals surface area contributed by atoms with E-state index in [1.54, 1.807) is 0 Å². The molecule has 1 nitrogen and oxygen atoms in total. The van der Waals surface area contributed by atoms with Gasteiger partial charge in [0.1, 0.15) is 0 Å². The Morgan fingerprint density at radius 1 is 1.12 bits per heavy atom. The minimum Gasteiger partial charge on any atom is -0.298 e. The quantitative estimate of drug-likeness (QED) is 0.750. The molecule has 3 atom stereocenters. The molecule has 1 aromatic rings. The molecule has 0 bridgehead atoms. The van der Waals surface area contributed by atoms with Crippen LogP contribution >= 0.6 is 15.9 Å². The molecule has 16 heavy (non-hydrogen) atoms. The van der Waals surface area contributed by atoms with E-state index >= 15 is 0 Å². The van der Waals surface area contributed by atoms with Crippen molar-refractivity contribution in [3.63, 3.8) is 0 Å². The van der Waals surface area contributed by atoms with Crippen molar-refractivity contribution in [2.45, 2.75) is 25.2 Å². The van der Waals surface area contributed by atoms with Gasteiger partial charge in [0.25, 0.3) is 0 Å². The van der Waals surface area contributed by atoms with Crippen molar-refractivity contribution in [3.8, 4) is 0 Å². The van der Waals surface area contributed by atoms with E-state index in [0.717, 1.165) is 18.4 Å². The van der Waals surface area contributed by atoms with Crippen molar-refractivity contribution in [3.05, 3.63) is 35.9 Å².